The van der Waals surface area contributed by atoms with Gasteiger partial charge in [-0.05, 0) is 5.56 Å². The second-order valence-electron chi connectivity index (χ2n) is 5.18. The second-order valence-corrected chi connectivity index (χ2v) is 6.04. The Balaban J connectivity index is 2.22. The summed E-state index contributed by atoms with van der Waals surface area (Å²) >= 11 is 1.44. The molecule has 3 aromatic rings. The molecular weight excluding hydrogens is 312 g/mol. The van der Waals surface area contributed by atoms with Gasteiger partial charge in [-0.3, -0.25) is 14.2 Å². The maximum absolute atomic E-state index is 12.9. The lowest BCUT2D eigenvalue weighted by Crippen LogP contribution is -2.26. The van der Waals surface area contributed by atoms with E-state index in [1.807, 2.05) is 42.6 Å². The zero-order chi connectivity index (χ0) is 16.4. The predicted molar refractivity (Wildman–Crippen MR) is 90.9 cm³/mol. The number of aliphatic carboxylic acids is 1. The van der Waals surface area contributed by atoms with Crippen molar-refractivity contribution in [2.75, 3.05) is 0 Å². The van der Waals surface area contributed by atoms with Gasteiger partial charge in [0.2, 0.25) is 0 Å². The monoisotopic (exact) mass is 328 g/mol. The smallest absolute Gasteiger partial charge is 0.305 e. The topological polar surface area (TPSA) is 72.2 Å². The molecule has 6 heteroatoms. The molecule has 0 bridgehead atoms. The lowest BCUT2D eigenvalue weighted by molar-refractivity contribution is -0.137. The summed E-state index contributed by atoms with van der Waals surface area (Å²) in [6, 6.07) is 9.69. The number of carboxylic acid groups (broad SMARTS) is 1. The molecule has 0 spiro atoms. The first kappa shape index (κ1) is 15.4. The van der Waals surface area contributed by atoms with E-state index in [1.165, 1.54) is 15.9 Å². The molecule has 0 saturated heterocycles. The van der Waals surface area contributed by atoms with E-state index >= 15 is 0 Å². The van der Waals surface area contributed by atoms with Gasteiger partial charge < -0.3 is 5.11 Å². The molecule has 0 aliphatic rings. The van der Waals surface area contributed by atoms with Crippen LogP contribution in [0.3, 0.4) is 0 Å². The van der Waals surface area contributed by atoms with Crippen LogP contribution in [0.4, 0.5) is 0 Å². The van der Waals surface area contributed by atoms with Crippen molar-refractivity contribution < 1.29 is 9.90 Å². The minimum absolute atomic E-state index is 0.0924. The Labute approximate surface area is 136 Å². The molecule has 0 unspecified atom stereocenters. The average molecular weight is 328 g/mol. The summed E-state index contributed by atoms with van der Waals surface area (Å²) in [5.74, 6) is -0.294. The van der Waals surface area contributed by atoms with Gasteiger partial charge in [0.25, 0.3) is 5.56 Å². The highest BCUT2D eigenvalue weighted by atomic mass is 32.1. The number of nitrogens with zero attached hydrogens (tertiary/aromatic N) is 2. The van der Waals surface area contributed by atoms with Crippen molar-refractivity contribution in [2.24, 2.45) is 0 Å². The molecule has 2 heterocycles. The van der Waals surface area contributed by atoms with E-state index in [2.05, 4.69) is 4.98 Å². The predicted octanol–water partition coefficient (Wildman–Crippen LogP) is 3.16. The Hall–Kier alpha value is -2.47. The first-order valence-corrected chi connectivity index (χ1v) is 8.28. The number of aromatic nitrogens is 2. The molecule has 0 aliphatic carbocycles. The van der Waals surface area contributed by atoms with Gasteiger partial charge in [0.05, 0.1) is 11.8 Å². The first-order valence-electron chi connectivity index (χ1n) is 7.40. The van der Waals surface area contributed by atoms with Gasteiger partial charge in [0.15, 0.2) is 0 Å². The van der Waals surface area contributed by atoms with Crippen LogP contribution in [0.2, 0.25) is 0 Å². The molecule has 0 radical (unpaired) electrons. The zero-order valence-corrected chi connectivity index (χ0v) is 13.5. The van der Waals surface area contributed by atoms with Gasteiger partial charge in [-0.1, -0.05) is 37.3 Å². The van der Waals surface area contributed by atoms with Crippen LogP contribution >= 0.6 is 11.3 Å². The fraction of sp³-hybridized carbons (Fsp3) is 0.235. The van der Waals surface area contributed by atoms with E-state index in [0.717, 1.165) is 11.1 Å². The maximum atomic E-state index is 12.9. The maximum Gasteiger partial charge on any atom is 0.305 e. The summed E-state index contributed by atoms with van der Waals surface area (Å²) in [6.07, 6.45) is 0.494. The van der Waals surface area contributed by atoms with Gasteiger partial charge in [-0.2, -0.15) is 0 Å². The first-order chi connectivity index (χ1) is 11.1. The Kier molecular flexibility index (Phi) is 4.25. The minimum Gasteiger partial charge on any atom is -0.481 e. The lowest BCUT2D eigenvalue weighted by atomic mass is 10.1. The van der Waals surface area contributed by atoms with Crippen LogP contribution in [0.15, 0.2) is 40.5 Å². The number of carbonyl (C=O) groups is 1. The van der Waals surface area contributed by atoms with Crippen LogP contribution in [-0.2, 0) is 17.8 Å². The number of carboxylic acids is 1. The van der Waals surface area contributed by atoms with Gasteiger partial charge in [-0.15, -0.1) is 11.3 Å². The SMILES string of the molecule is CCc1nc2scc(-c3ccccc3)c2c(=O)n1CCC(=O)O. The van der Waals surface area contributed by atoms with Crippen LogP contribution in [0.5, 0.6) is 0 Å². The summed E-state index contributed by atoms with van der Waals surface area (Å²) in [6.45, 7) is 2.06. The van der Waals surface area contributed by atoms with Crippen molar-refractivity contribution in [3.05, 3.63) is 51.9 Å². The van der Waals surface area contributed by atoms with Crippen molar-refractivity contribution in [1.29, 1.82) is 0 Å². The van der Waals surface area contributed by atoms with E-state index in [-0.39, 0.29) is 18.5 Å². The summed E-state index contributed by atoms with van der Waals surface area (Å²) in [5, 5.41) is 11.4. The minimum atomic E-state index is -0.923. The summed E-state index contributed by atoms with van der Waals surface area (Å²) in [7, 11) is 0. The van der Waals surface area contributed by atoms with Crippen molar-refractivity contribution >= 4 is 27.5 Å². The van der Waals surface area contributed by atoms with E-state index in [0.29, 0.717) is 22.5 Å². The van der Waals surface area contributed by atoms with Crippen molar-refractivity contribution in [1.82, 2.24) is 9.55 Å². The molecule has 5 nitrogen and oxygen atoms in total. The quantitative estimate of drug-likeness (QED) is 0.781. The Morgan fingerprint density at radius 2 is 2.04 bits per heavy atom. The number of rotatable bonds is 5. The number of benzene rings is 1. The fourth-order valence-electron chi connectivity index (χ4n) is 2.60. The second kappa shape index (κ2) is 6.34. The van der Waals surface area contributed by atoms with Gasteiger partial charge >= 0.3 is 5.97 Å². The molecule has 1 aromatic carbocycles. The fourth-order valence-corrected chi connectivity index (χ4v) is 3.56. The summed E-state index contributed by atoms with van der Waals surface area (Å²) in [4.78, 5) is 29.0. The molecule has 0 amide bonds. The summed E-state index contributed by atoms with van der Waals surface area (Å²) in [5.41, 5.74) is 1.66. The highest BCUT2D eigenvalue weighted by Gasteiger charge is 2.16. The van der Waals surface area contributed by atoms with Gasteiger partial charge in [0, 0.05) is 23.9 Å². The molecule has 118 valence electrons. The number of thiophene rings is 1. The van der Waals surface area contributed by atoms with Crippen molar-refractivity contribution in [3.63, 3.8) is 0 Å². The van der Waals surface area contributed by atoms with Crippen molar-refractivity contribution in [2.45, 2.75) is 26.3 Å². The highest BCUT2D eigenvalue weighted by molar-refractivity contribution is 7.17. The highest BCUT2D eigenvalue weighted by Crippen LogP contribution is 2.30. The molecule has 0 atom stereocenters. The third-order valence-electron chi connectivity index (χ3n) is 3.72. The van der Waals surface area contributed by atoms with Gasteiger partial charge in [-0.25, -0.2) is 4.98 Å². The van der Waals surface area contributed by atoms with E-state index in [4.69, 9.17) is 5.11 Å². The largest absolute Gasteiger partial charge is 0.481 e. The molecule has 0 saturated carbocycles. The Morgan fingerprint density at radius 1 is 1.30 bits per heavy atom. The number of hydrogen-bond donors (Lipinski definition) is 1. The average Bonchev–Trinajstić information content (AvgIpc) is 2.98. The number of hydrogen-bond acceptors (Lipinski definition) is 4. The van der Waals surface area contributed by atoms with Crippen LogP contribution in [0.25, 0.3) is 21.3 Å². The zero-order valence-electron chi connectivity index (χ0n) is 12.7. The molecule has 23 heavy (non-hydrogen) atoms. The normalized spacial score (nSPS) is 11.0. The molecule has 1 N–H and O–H groups in total. The van der Waals surface area contributed by atoms with Crippen LogP contribution in [0, 0.1) is 0 Å². The van der Waals surface area contributed by atoms with Crippen LogP contribution < -0.4 is 5.56 Å². The standard InChI is InChI=1S/C17H16N2O3S/c1-2-13-18-16-15(17(22)19(13)9-8-14(20)21)12(10-23-16)11-6-4-3-5-7-11/h3-7,10H,2,8-9H2,1H3,(H,20,21). The van der Waals surface area contributed by atoms with E-state index in [9.17, 15) is 9.59 Å². The van der Waals surface area contributed by atoms with Gasteiger partial charge in [0.1, 0.15) is 10.7 Å². The Morgan fingerprint density at radius 3 is 2.70 bits per heavy atom. The molecule has 2 aromatic heterocycles. The van der Waals surface area contributed by atoms with Crippen LogP contribution in [-0.4, -0.2) is 20.6 Å². The van der Waals surface area contributed by atoms with E-state index in [1.54, 1.807) is 0 Å². The summed E-state index contributed by atoms with van der Waals surface area (Å²) < 4.78 is 1.50. The Bertz CT molecular complexity index is 913. The number of fused-ring (bicyclic) bond motifs is 1. The van der Waals surface area contributed by atoms with E-state index < -0.39 is 5.97 Å². The van der Waals surface area contributed by atoms with Crippen LogP contribution in [0.1, 0.15) is 19.2 Å². The molecular formula is C17H16N2O3S. The third-order valence-corrected chi connectivity index (χ3v) is 4.60. The molecule has 0 aliphatic heterocycles. The molecule has 0 fully saturated rings. The third kappa shape index (κ3) is 2.90. The lowest BCUT2D eigenvalue weighted by Gasteiger charge is -2.10. The molecule has 3 rings (SSSR count). The number of aryl methyl sites for hydroxylation is 1. The van der Waals surface area contributed by atoms with Crippen molar-refractivity contribution in [3.8, 4) is 11.1 Å².